The molecule has 0 spiro atoms. The third-order valence-corrected chi connectivity index (χ3v) is 5.74. The number of rotatable bonds is 5. The average molecular weight is 417 g/mol. The Morgan fingerprint density at radius 1 is 1.24 bits per heavy atom. The van der Waals surface area contributed by atoms with Gasteiger partial charge in [0.1, 0.15) is 12.4 Å². The average Bonchev–Trinajstić information content (AvgIpc) is 3.23. The van der Waals surface area contributed by atoms with Crippen molar-refractivity contribution >= 4 is 59.8 Å². The second-order valence-corrected chi connectivity index (χ2v) is 8.58. The maximum Gasteiger partial charge on any atom is 0.135 e. The highest BCUT2D eigenvalue weighted by Gasteiger charge is 2.14. The maximum atomic E-state index is 4.89. The van der Waals surface area contributed by atoms with Crippen LogP contribution in [0.1, 0.15) is 5.56 Å². The molecule has 25 heavy (non-hydrogen) atoms. The molecule has 0 bridgehead atoms. The van der Waals surface area contributed by atoms with Gasteiger partial charge in [0.15, 0.2) is 0 Å². The van der Waals surface area contributed by atoms with Gasteiger partial charge in [0.2, 0.25) is 0 Å². The van der Waals surface area contributed by atoms with E-state index in [0.717, 1.165) is 50.3 Å². The van der Waals surface area contributed by atoms with Gasteiger partial charge < -0.3 is 10.2 Å². The van der Waals surface area contributed by atoms with Crippen molar-refractivity contribution in [2.45, 2.75) is 0 Å². The van der Waals surface area contributed by atoms with Gasteiger partial charge in [0.05, 0.1) is 15.0 Å². The number of thiophene rings is 1. The molecule has 0 amide bonds. The lowest BCUT2D eigenvalue weighted by atomic mass is 10.1. The summed E-state index contributed by atoms with van der Waals surface area (Å²) in [6.45, 7) is 2.33. The summed E-state index contributed by atoms with van der Waals surface area (Å²) >= 11 is 5.35. The standard InChI is InChI=1S/C17H17BrN6S/c1-24(2)6-5-19-17-12-8-15(18)25-16(12)11-4-3-10(7-13(11)21-17)14-9-20-23-22-14/h3-4,7-8H,5-6,9H2,1-2H3,(H,19,21). The summed E-state index contributed by atoms with van der Waals surface area (Å²) in [6.07, 6.45) is 0. The molecule has 4 rings (SSSR count). The van der Waals surface area contributed by atoms with Crippen LogP contribution in [0.4, 0.5) is 5.82 Å². The van der Waals surface area contributed by atoms with E-state index >= 15 is 0 Å². The Bertz CT molecular complexity index is 1010. The van der Waals surface area contributed by atoms with Crippen LogP contribution in [0.15, 0.2) is 43.5 Å². The summed E-state index contributed by atoms with van der Waals surface area (Å²) < 4.78 is 2.34. The number of hydrogen-bond donors (Lipinski definition) is 1. The molecule has 3 aromatic rings. The molecule has 0 unspecified atom stereocenters. The molecular weight excluding hydrogens is 400 g/mol. The van der Waals surface area contributed by atoms with Crippen LogP contribution in [0.5, 0.6) is 0 Å². The third kappa shape index (κ3) is 3.29. The summed E-state index contributed by atoms with van der Waals surface area (Å²) in [7, 11) is 4.13. The molecule has 0 saturated heterocycles. The summed E-state index contributed by atoms with van der Waals surface area (Å²) in [5, 5.41) is 17.5. The van der Waals surface area contributed by atoms with E-state index in [4.69, 9.17) is 4.98 Å². The molecule has 1 aliphatic rings. The molecule has 6 nitrogen and oxygen atoms in total. The largest absolute Gasteiger partial charge is 0.368 e. The molecule has 0 radical (unpaired) electrons. The first kappa shape index (κ1) is 16.6. The highest BCUT2D eigenvalue weighted by atomic mass is 79.9. The second kappa shape index (κ2) is 6.78. The zero-order valence-corrected chi connectivity index (χ0v) is 16.4. The summed E-state index contributed by atoms with van der Waals surface area (Å²) in [6, 6.07) is 8.41. The van der Waals surface area contributed by atoms with E-state index in [0.29, 0.717) is 6.54 Å². The molecule has 0 atom stereocenters. The summed E-state index contributed by atoms with van der Waals surface area (Å²) in [4.78, 5) is 7.04. The first-order chi connectivity index (χ1) is 12.1. The van der Waals surface area contributed by atoms with Gasteiger partial charge in [0.25, 0.3) is 0 Å². The number of aromatic nitrogens is 1. The monoisotopic (exact) mass is 416 g/mol. The van der Waals surface area contributed by atoms with E-state index in [9.17, 15) is 0 Å². The number of nitrogens with one attached hydrogen (secondary N) is 1. The smallest absolute Gasteiger partial charge is 0.135 e. The van der Waals surface area contributed by atoms with Gasteiger partial charge in [-0.25, -0.2) is 4.98 Å². The van der Waals surface area contributed by atoms with E-state index in [1.807, 2.05) is 0 Å². The summed E-state index contributed by atoms with van der Waals surface area (Å²) in [5.74, 6) is 0.922. The van der Waals surface area contributed by atoms with Crippen molar-refractivity contribution in [3.63, 3.8) is 0 Å². The predicted molar refractivity (Wildman–Crippen MR) is 108 cm³/mol. The van der Waals surface area contributed by atoms with Crippen LogP contribution in [0.2, 0.25) is 0 Å². The minimum atomic E-state index is 0.534. The van der Waals surface area contributed by atoms with Gasteiger partial charge >= 0.3 is 0 Å². The Kier molecular flexibility index (Phi) is 4.49. The number of fused-ring (bicyclic) bond motifs is 3. The maximum absolute atomic E-state index is 4.89. The van der Waals surface area contributed by atoms with Crippen LogP contribution in [-0.2, 0) is 0 Å². The van der Waals surface area contributed by atoms with Crippen LogP contribution in [0.3, 0.4) is 0 Å². The molecule has 0 saturated carbocycles. The topological polar surface area (TPSA) is 65.2 Å². The Balaban J connectivity index is 1.81. The van der Waals surface area contributed by atoms with E-state index < -0.39 is 0 Å². The minimum absolute atomic E-state index is 0.534. The predicted octanol–water partition coefficient (Wildman–Crippen LogP) is 4.36. The first-order valence-electron chi connectivity index (χ1n) is 7.97. The van der Waals surface area contributed by atoms with Crippen LogP contribution in [-0.4, -0.2) is 49.3 Å². The molecule has 0 aliphatic carbocycles. The van der Waals surface area contributed by atoms with Crippen LogP contribution >= 0.6 is 27.3 Å². The molecule has 3 heterocycles. The van der Waals surface area contributed by atoms with E-state index in [-0.39, 0.29) is 0 Å². The number of pyridine rings is 1. The lowest BCUT2D eigenvalue weighted by Gasteiger charge is -2.13. The van der Waals surface area contributed by atoms with Gasteiger partial charge in [-0.05, 0) is 47.4 Å². The van der Waals surface area contributed by atoms with Crippen LogP contribution in [0.25, 0.3) is 21.0 Å². The zero-order chi connectivity index (χ0) is 17.4. The van der Waals surface area contributed by atoms with Crippen molar-refractivity contribution in [2.75, 3.05) is 39.0 Å². The van der Waals surface area contributed by atoms with Gasteiger partial charge in [-0.3, -0.25) is 0 Å². The van der Waals surface area contributed by atoms with E-state index in [1.54, 1.807) is 11.3 Å². The Morgan fingerprint density at radius 2 is 2.12 bits per heavy atom. The van der Waals surface area contributed by atoms with Crippen molar-refractivity contribution in [3.8, 4) is 0 Å². The van der Waals surface area contributed by atoms with Gasteiger partial charge in [0, 0.05) is 34.1 Å². The first-order valence-corrected chi connectivity index (χ1v) is 9.58. The fourth-order valence-electron chi connectivity index (χ4n) is 2.81. The van der Waals surface area contributed by atoms with Crippen molar-refractivity contribution in [3.05, 3.63) is 33.6 Å². The molecule has 0 fully saturated rings. The number of nitrogens with zero attached hydrogens (tertiary/aromatic N) is 5. The third-order valence-electron chi connectivity index (χ3n) is 4.07. The number of anilines is 1. The van der Waals surface area contributed by atoms with Crippen LogP contribution in [0, 0.1) is 0 Å². The number of benzene rings is 1. The number of hydrogen-bond acceptors (Lipinski definition) is 7. The molecule has 1 N–H and O–H groups in total. The highest BCUT2D eigenvalue weighted by Crippen LogP contribution is 2.38. The van der Waals surface area contributed by atoms with Crippen molar-refractivity contribution in [2.24, 2.45) is 15.4 Å². The van der Waals surface area contributed by atoms with E-state index in [2.05, 4.69) is 79.9 Å². The van der Waals surface area contributed by atoms with Crippen molar-refractivity contribution in [1.29, 1.82) is 0 Å². The zero-order valence-electron chi connectivity index (χ0n) is 14.0. The molecule has 8 heteroatoms. The minimum Gasteiger partial charge on any atom is -0.368 e. The van der Waals surface area contributed by atoms with Gasteiger partial charge in [-0.2, -0.15) is 5.11 Å². The lowest BCUT2D eigenvalue weighted by Crippen LogP contribution is -2.21. The fourth-order valence-corrected chi connectivity index (χ4v) is 4.45. The highest BCUT2D eigenvalue weighted by molar-refractivity contribution is 9.11. The Labute approximate surface area is 157 Å². The second-order valence-electron chi connectivity index (χ2n) is 6.15. The Morgan fingerprint density at radius 3 is 2.88 bits per heavy atom. The van der Waals surface area contributed by atoms with Crippen molar-refractivity contribution < 1.29 is 0 Å². The summed E-state index contributed by atoms with van der Waals surface area (Å²) in [5.41, 5.74) is 2.87. The van der Waals surface area contributed by atoms with Gasteiger partial charge in [-0.15, -0.1) is 16.4 Å². The molecule has 128 valence electrons. The lowest BCUT2D eigenvalue weighted by molar-refractivity contribution is 0.425. The Hall–Kier alpha value is -1.90. The fraction of sp³-hybridized carbons (Fsp3) is 0.294. The normalized spacial score (nSPS) is 14.0. The van der Waals surface area contributed by atoms with E-state index in [1.165, 1.54) is 4.70 Å². The SMILES string of the molecule is CN(C)CCNc1nc2cc(C3=NN=NC3)ccc2c2sc(Br)cc12. The molecular formula is C17H17BrN6S. The number of halogens is 1. The molecule has 1 aliphatic heterocycles. The number of likely N-dealkylation sites (N-methyl/N-ethyl adjacent to an activating group) is 1. The van der Waals surface area contributed by atoms with Gasteiger partial charge in [-0.1, -0.05) is 12.1 Å². The molecule has 2 aromatic heterocycles. The van der Waals surface area contributed by atoms with Crippen molar-refractivity contribution in [1.82, 2.24) is 9.88 Å². The molecule has 1 aromatic carbocycles. The van der Waals surface area contributed by atoms with Crippen LogP contribution < -0.4 is 5.32 Å². The quantitative estimate of drug-likeness (QED) is 0.671.